The average Bonchev–Trinajstić information content (AvgIpc) is 2.80. The third kappa shape index (κ3) is 1.84. The smallest absolute Gasteiger partial charge is 0.254 e. The van der Waals surface area contributed by atoms with Gasteiger partial charge < -0.3 is 11.1 Å². The van der Waals surface area contributed by atoms with E-state index in [9.17, 15) is 0 Å². The SMILES string of the molecule is Cc1cc(Nc2ccc(N)cc2)n2ncnc2n1. The van der Waals surface area contributed by atoms with Gasteiger partial charge in [0, 0.05) is 23.1 Å². The summed E-state index contributed by atoms with van der Waals surface area (Å²) in [6.07, 6.45) is 1.48. The first-order chi connectivity index (χ1) is 8.72. The first-order valence-corrected chi connectivity index (χ1v) is 5.52. The molecule has 2 heterocycles. The normalized spacial score (nSPS) is 10.7. The molecule has 2 aromatic heterocycles. The number of rotatable bonds is 2. The fourth-order valence-electron chi connectivity index (χ4n) is 1.73. The number of aryl methyl sites for hydroxylation is 1. The molecule has 0 spiro atoms. The summed E-state index contributed by atoms with van der Waals surface area (Å²) in [6, 6.07) is 9.42. The molecule has 90 valence electrons. The molecular weight excluding hydrogens is 228 g/mol. The van der Waals surface area contributed by atoms with Gasteiger partial charge in [0.05, 0.1) is 0 Å². The number of fused-ring (bicyclic) bond motifs is 1. The minimum absolute atomic E-state index is 0.577. The van der Waals surface area contributed by atoms with E-state index in [0.29, 0.717) is 5.78 Å². The summed E-state index contributed by atoms with van der Waals surface area (Å²) >= 11 is 0. The summed E-state index contributed by atoms with van der Waals surface area (Å²) in [4.78, 5) is 8.36. The van der Waals surface area contributed by atoms with Crippen LogP contribution in [0.1, 0.15) is 5.69 Å². The van der Waals surface area contributed by atoms with Gasteiger partial charge in [0.25, 0.3) is 5.78 Å². The molecular formula is C12H12N6. The van der Waals surface area contributed by atoms with Gasteiger partial charge in [-0.25, -0.2) is 4.98 Å². The number of nitrogens with two attached hydrogens (primary N) is 1. The van der Waals surface area contributed by atoms with Crippen LogP contribution in [0, 0.1) is 6.92 Å². The summed E-state index contributed by atoms with van der Waals surface area (Å²) in [5.41, 5.74) is 8.21. The number of hydrogen-bond acceptors (Lipinski definition) is 5. The second kappa shape index (κ2) is 3.99. The molecule has 0 atom stereocenters. The first kappa shape index (κ1) is 10.5. The van der Waals surface area contributed by atoms with Gasteiger partial charge in [-0.3, -0.25) is 0 Å². The van der Waals surface area contributed by atoms with Crippen molar-refractivity contribution in [3.8, 4) is 0 Å². The lowest BCUT2D eigenvalue weighted by Gasteiger charge is -2.08. The maximum atomic E-state index is 5.65. The molecule has 0 bridgehead atoms. The maximum absolute atomic E-state index is 5.65. The third-order valence-corrected chi connectivity index (χ3v) is 2.56. The van der Waals surface area contributed by atoms with Crippen molar-refractivity contribution in [3.05, 3.63) is 42.4 Å². The Morgan fingerprint density at radius 1 is 1.22 bits per heavy atom. The minimum atomic E-state index is 0.577. The highest BCUT2D eigenvalue weighted by molar-refractivity contribution is 5.60. The molecule has 6 heteroatoms. The molecule has 0 aliphatic heterocycles. The highest BCUT2D eigenvalue weighted by atomic mass is 15.3. The number of nitrogens with zero attached hydrogens (tertiary/aromatic N) is 4. The zero-order chi connectivity index (χ0) is 12.5. The van der Waals surface area contributed by atoms with E-state index in [1.165, 1.54) is 6.33 Å². The van der Waals surface area contributed by atoms with E-state index in [1.54, 1.807) is 4.52 Å². The van der Waals surface area contributed by atoms with Crippen molar-refractivity contribution < 1.29 is 0 Å². The zero-order valence-electron chi connectivity index (χ0n) is 9.83. The topological polar surface area (TPSA) is 81.1 Å². The second-order valence-electron chi connectivity index (χ2n) is 4.00. The zero-order valence-corrected chi connectivity index (χ0v) is 9.83. The van der Waals surface area contributed by atoms with Gasteiger partial charge in [0.2, 0.25) is 0 Å². The minimum Gasteiger partial charge on any atom is -0.399 e. The molecule has 0 aliphatic rings. The Bertz CT molecular complexity index is 685. The van der Waals surface area contributed by atoms with Crippen molar-refractivity contribution in [1.29, 1.82) is 0 Å². The van der Waals surface area contributed by atoms with Crippen LogP contribution in [-0.2, 0) is 0 Å². The van der Waals surface area contributed by atoms with Crippen molar-refractivity contribution >= 4 is 23.0 Å². The molecule has 18 heavy (non-hydrogen) atoms. The van der Waals surface area contributed by atoms with Gasteiger partial charge in [-0.1, -0.05) is 0 Å². The average molecular weight is 240 g/mol. The number of anilines is 3. The molecule has 0 radical (unpaired) electrons. The van der Waals surface area contributed by atoms with Crippen LogP contribution in [0.3, 0.4) is 0 Å². The molecule has 6 nitrogen and oxygen atoms in total. The van der Waals surface area contributed by atoms with E-state index in [-0.39, 0.29) is 0 Å². The van der Waals surface area contributed by atoms with Gasteiger partial charge in [-0.15, -0.1) is 0 Å². The number of hydrogen-bond donors (Lipinski definition) is 2. The van der Waals surface area contributed by atoms with Crippen molar-refractivity contribution in [2.45, 2.75) is 6.92 Å². The molecule has 0 amide bonds. The van der Waals surface area contributed by atoms with Crippen LogP contribution < -0.4 is 11.1 Å². The van der Waals surface area contributed by atoms with E-state index >= 15 is 0 Å². The Balaban J connectivity index is 2.03. The predicted molar refractivity (Wildman–Crippen MR) is 69.7 cm³/mol. The van der Waals surface area contributed by atoms with Crippen molar-refractivity contribution in [2.75, 3.05) is 11.1 Å². The first-order valence-electron chi connectivity index (χ1n) is 5.52. The van der Waals surface area contributed by atoms with Gasteiger partial charge in [-0.05, 0) is 31.2 Å². The fourth-order valence-corrected chi connectivity index (χ4v) is 1.73. The van der Waals surface area contributed by atoms with Crippen LogP contribution in [-0.4, -0.2) is 19.6 Å². The highest BCUT2D eigenvalue weighted by Crippen LogP contribution is 2.18. The van der Waals surface area contributed by atoms with Crippen molar-refractivity contribution in [1.82, 2.24) is 19.6 Å². The van der Waals surface area contributed by atoms with Gasteiger partial charge in [-0.2, -0.15) is 14.6 Å². The maximum Gasteiger partial charge on any atom is 0.254 e. The Hall–Kier alpha value is -2.63. The number of benzene rings is 1. The van der Waals surface area contributed by atoms with Crippen LogP contribution in [0.15, 0.2) is 36.7 Å². The van der Waals surface area contributed by atoms with E-state index in [0.717, 1.165) is 22.9 Å². The van der Waals surface area contributed by atoms with Crippen LogP contribution in [0.4, 0.5) is 17.2 Å². The van der Waals surface area contributed by atoms with Gasteiger partial charge in [0.1, 0.15) is 12.1 Å². The van der Waals surface area contributed by atoms with E-state index in [4.69, 9.17) is 5.73 Å². The lowest BCUT2D eigenvalue weighted by molar-refractivity contribution is 0.937. The third-order valence-electron chi connectivity index (χ3n) is 2.56. The molecule has 0 fully saturated rings. The monoisotopic (exact) mass is 240 g/mol. The molecule has 3 N–H and O–H groups in total. The summed E-state index contributed by atoms with van der Waals surface area (Å²) in [5.74, 6) is 1.40. The second-order valence-corrected chi connectivity index (χ2v) is 4.00. The number of aromatic nitrogens is 4. The number of nitrogens with one attached hydrogen (secondary N) is 1. The van der Waals surface area contributed by atoms with Gasteiger partial charge in [0.15, 0.2) is 0 Å². The molecule has 3 rings (SSSR count). The fraction of sp³-hybridized carbons (Fsp3) is 0.0833. The lowest BCUT2D eigenvalue weighted by Crippen LogP contribution is -2.02. The molecule has 0 unspecified atom stereocenters. The highest BCUT2D eigenvalue weighted by Gasteiger charge is 2.05. The molecule has 3 aromatic rings. The van der Waals surface area contributed by atoms with Crippen LogP contribution in [0.5, 0.6) is 0 Å². The summed E-state index contributed by atoms with van der Waals surface area (Å²) in [7, 11) is 0. The predicted octanol–water partition coefficient (Wildman–Crippen LogP) is 1.76. The Morgan fingerprint density at radius 2 is 2.00 bits per heavy atom. The summed E-state index contributed by atoms with van der Waals surface area (Å²) in [5, 5.41) is 7.40. The molecule has 0 saturated carbocycles. The Labute approximate surface area is 103 Å². The number of nitrogen functional groups attached to an aromatic ring is 1. The van der Waals surface area contributed by atoms with Crippen molar-refractivity contribution in [3.63, 3.8) is 0 Å². The lowest BCUT2D eigenvalue weighted by atomic mass is 10.3. The van der Waals surface area contributed by atoms with E-state index in [1.807, 2.05) is 37.3 Å². The molecule has 0 saturated heterocycles. The van der Waals surface area contributed by atoms with E-state index in [2.05, 4.69) is 20.4 Å². The molecule has 1 aromatic carbocycles. The van der Waals surface area contributed by atoms with Gasteiger partial charge >= 0.3 is 0 Å². The summed E-state index contributed by atoms with van der Waals surface area (Å²) in [6.45, 7) is 1.92. The van der Waals surface area contributed by atoms with Crippen LogP contribution in [0.25, 0.3) is 5.78 Å². The Morgan fingerprint density at radius 3 is 2.78 bits per heavy atom. The van der Waals surface area contributed by atoms with E-state index < -0.39 is 0 Å². The molecule has 0 aliphatic carbocycles. The largest absolute Gasteiger partial charge is 0.399 e. The standard InChI is InChI=1S/C12H12N6/c1-8-6-11(18-12(16-8)14-7-15-18)17-10-4-2-9(13)3-5-10/h2-7,17H,13H2,1H3. The van der Waals surface area contributed by atoms with Crippen LogP contribution in [0.2, 0.25) is 0 Å². The van der Waals surface area contributed by atoms with Crippen molar-refractivity contribution in [2.24, 2.45) is 0 Å². The van der Waals surface area contributed by atoms with Crippen LogP contribution >= 0.6 is 0 Å². The Kier molecular flexibility index (Phi) is 2.33. The summed E-state index contributed by atoms with van der Waals surface area (Å²) < 4.78 is 1.66. The quantitative estimate of drug-likeness (QED) is 0.667.